The van der Waals surface area contributed by atoms with Gasteiger partial charge in [0, 0.05) is 11.1 Å². The van der Waals surface area contributed by atoms with Crippen molar-refractivity contribution >= 4 is 5.91 Å². The van der Waals surface area contributed by atoms with Gasteiger partial charge in [0.2, 0.25) is 11.7 Å². The molecule has 1 amide bonds. The number of carbonyl (C=O) groups excluding carboxylic acids is 1. The smallest absolute Gasteiger partial charge is 0.251 e. The van der Waals surface area contributed by atoms with Crippen LogP contribution < -0.4 is 10.1 Å². The van der Waals surface area contributed by atoms with E-state index in [1.807, 2.05) is 31.2 Å². The van der Waals surface area contributed by atoms with Crippen LogP contribution in [0.1, 0.15) is 21.8 Å². The molecule has 0 radical (unpaired) electrons. The van der Waals surface area contributed by atoms with Gasteiger partial charge in [0.15, 0.2) is 0 Å². The van der Waals surface area contributed by atoms with Gasteiger partial charge in [0.05, 0.1) is 6.54 Å². The van der Waals surface area contributed by atoms with Gasteiger partial charge in [-0.15, -0.1) is 6.42 Å². The Morgan fingerprint density at radius 3 is 2.81 bits per heavy atom. The molecule has 1 N–H and O–H groups in total. The van der Waals surface area contributed by atoms with Gasteiger partial charge in [-0.25, -0.2) is 0 Å². The van der Waals surface area contributed by atoms with E-state index >= 15 is 0 Å². The van der Waals surface area contributed by atoms with Gasteiger partial charge in [0.25, 0.3) is 5.91 Å². The van der Waals surface area contributed by atoms with Crippen LogP contribution in [0.3, 0.4) is 0 Å². The van der Waals surface area contributed by atoms with Crippen molar-refractivity contribution in [3.63, 3.8) is 0 Å². The lowest BCUT2D eigenvalue weighted by atomic mass is 10.1. The molecule has 0 atom stereocenters. The second-order valence-electron chi connectivity index (χ2n) is 5.58. The summed E-state index contributed by atoms with van der Waals surface area (Å²) in [5, 5.41) is 6.69. The van der Waals surface area contributed by atoms with Crippen molar-refractivity contribution in [3.8, 4) is 29.5 Å². The van der Waals surface area contributed by atoms with Gasteiger partial charge in [-0.3, -0.25) is 4.79 Å². The summed E-state index contributed by atoms with van der Waals surface area (Å²) in [5.41, 5.74) is 2.47. The maximum Gasteiger partial charge on any atom is 0.251 e. The summed E-state index contributed by atoms with van der Waals surface area (Å²) in [5.74, 6) is 3.58. The van der Waals surface area contributed by atoms with Gasteiger partial charge >= 0.3 is 0 Å². The number of hydrogen-bond donors (Lipinski definition) is 1. The minimum absolute atomic E-state index is 0.146. The Labute approximate surface area is 151 Å². The van der Waals surface area contributed by atoms with E-state index in [9.17, 15) is 4.79 Å². The van der Waals surface area contributed by atoms with Crippen molar-refractivity contribution in [1.82, 2.24) is 15.5 Å². The number of nitrogens with zero attached hydrogens (tertiary/aromatic N) is 2. The van der Waals surface area contributed by atoms with Crippen LogP contribution in [0, 0.1) is 19.3 Å². The summed E-state index contributed by atoms with van der Waals surface area (Å²) in [7, 11) is 0. The van der Waals surface area contributed by atoms with Gasteiger partial charge in [-0.2, -0.15) is 4.98 Å². The summed E-state index contributed by atoms with van der Waals surface area (Å²) in [6.07, 6.45) is 5.14. The van der Waals surface area contributed by atoms with Crippen LogP contribution in [0.25, 0.3) is 11.4 Å². The third-order valence-corrected chi connectivity index (χ3v) is 3.58. The molecule has 130 valence electrons. The number of carbonyl (C=O) groups is 1. The van der Waals surface area contributed by atoms with Gasteiger partial charge < -0.3 is 14.6 Å². The molecule has 3 rings (SSSR count). The predicted molar refractivity (Wildman–Crippen MR) is 96.4 cm³/mol. The zero-order valence-electron chi connectivity index (χ0n) is 14.2. The summed E-state index contributed by atoms with van der Waals surface area (Å²) in [4.78, 5) is 16.5. The van der Waals surface area contributed by atoms with E-state index in [-0.39, 0.29) is 19.1 Å². The van der Waals surface area contributed by atoms with E-state index in [2.05, 4.69) is 21.4 Å². The van der Waals surface area contributed by atoms with E-state index < -0.39 is 0 Å². The number of amides is 1. The van der Waals surface area contributed by atoms with E-state index in [1.54, 1.807) is 24.3 Å². The first-order valence-electron chi connectivity index (χ1n) is 8.00. The third-order valence-electron chi connectivity index (χ3n) is 3.58. The minimum atomic E-state index is -0.246. The monoisotopic (exact) mass is 347 g/mol. The van der Waals surface area contributed by atoms with Crippen LogP contribution in [0.2, 0.25) is 0 Å². The molecule has 0 unspecified atom stereocenters. The van der Waals surface area contributed by atoms with Crippen molar-refractivity contribution in [3.05, 3.63) is 65.5 Å². The maximum atomic E-state index is 12.2. The number of ether oxygens (including phenoxy) is 1. The van der Waals surface area contributed by atoms with E-state index in [0.29, 0.717) is 23.0 Å². The number of aryl methyl sites for hydroxylation is 1. The molecule has 0 saturated heterocycles. The number of benzene rings is 2. The standard InChI is InChI=1S/C20H17N3O3/c1-3-11-25-17-9-7-15(8-10-17)20(24)21-13-18-22-19(23-26-18)16-6-4-5-14(2)12-16/h1,4-10,12H,11,13H2,2H3,(H,21,24). The predicted octanol–water partition coefficient (Wildman–Crippen LogP) is 2.99. The average molecular weight is 347 g/mol. The fraction of sp³-hybridized carbons (Fsp3) is 0.150. The molecule has 0 saturated carbocycles. The first-order chi connectivity index (χ1) is 12.7. The van der Waals surface area contributed by atoms with Gasteiger partial charge in [-0.05, 0) is 37.3 Å². The largest absolute Gasteiger partial charge is 0.481 e. The second-order valence-corrected chi connectivity index (χ2v) is 5.58. The molecule has 0 bridgehead atoms. The fourth-order valence-corrected chi connectivity index (χ4v) is 2.31. The summed E-state index contributed by atoms with van der Waals surface area (Å²) in [6.45, 7) is 2.33. The van der Waals surface area contributed by atoms with Crippen LogP contribution in [0.5, 0.6) is 5.75 Å². The first kappa shape index (κ1) is 17.2. The highest BCUT2D eigenvalue weighted by Crippen LogP contribution is 2.17. The third kappa shape index (κ3) is 4.28. The molecule has 26 heavy (non-hydrogen) atoms. The van der Waals surface area contributed by atoms with Crippen molar-refractivity contribution in [2.45, 2.75) is 13.5 Å². The number of rotatable bonds is 6. The Kier molecular flexibility index (Phi) is 5.30. The lowest BCUT2D eigenvalue weighted by molar-refractivity contribution is 0.0946. The highest BCUT2D eigenvalue weighted by atomic mass is 16.5. The molecule has 3 aromatic rings. The molecule has 6 heteroatoms. The molecular formula is C20H17N3O3. The number of nitrogens with one attached hydrogen (secondary N) is 1. The lowest BCUT2D eigenvalue weighted by Gasteiger charge is -2.05. The Morgan fingerprint density at radius 1 is 1.27 bits per heavy atom. The molecule has 1 heterocycles. The van der Waals surface area contributed by atoms with Crippen LogP contribution in [0.4, 0.5) is 0 Å². The quantitative estimate of drug-likeness (QED) is 0.694. The molecule has 6 nitrogen and oxygen atoms in total. The molecular weight excluding hydrogens is 330 g/mol. The first-order valence-corrected chi connectivity index (χ1v) is 8.00. The van der Waals surface area contributed by atoms with Gasteiger partial charge in [-0.1, -0.05) is 34.8 Å². The Hall–Kier alpha value is -3.59. The summed E-state index contributed by atoms with van der Waals surface area (Å²) >= 11 is 0. The minimum Gasteiger partial charge on any atom is -0.481 e. The topological polar surface area (TPSA) is 77.2 Å². The molecule has 1 aromatic heterocycles. The van der Waals surface area contributed by atoms with Crippen molar-refractivity contribution in [1.29, 1.82) is 0 Å². The molecule has 0 aliphatic rings. The zero-order valence-corrected chi connectivity index (χ0v) is 14.2. The Balaban J connectivity index is 1.59. The van der Waals surface area contributed by atoms with Crippen molar-refractivity contribution in [2.75, 3.05) is 6.61 Å². The number of hydrogen-bond acceptors (Lipinski definition) is 5. The van der Waals surface area contributed by atoms with Gasteiger partial charge in [0.1, 0.15) is 12.4 Å². The SMILES string of the molecule is C#CCOc1ccc(C(=O)NCc2nc(-c3cccc(C)c3)no2)cc1. The highest BCUT2D eigenvalue weighted by molar-refractivity contribution is 5.94. The number of aromatic nitrogens is 2. The lowest BCUT2D eigenvalue weighted by Crippen LogP contribution is -2.22. The van der Waals surface area contributed by atoms with Crippen LogP contribution >= 0.6 is 0 Å². The highest BCUT2D eigenvalue weighted by Gasteiger charge is 2.11. The maximum absolute atomic E-state index is 12.2. The van der Waals surface area contributed by atoms with Crippen LogP contribution in [0.15, 0.2) is 53.1 Å². The molecule has 2 aromatic carbocycles. The fourth-order valence-electron chi connectivity index (χ4n) is 2.31. The molecule has 0 fully saturated rings. The molecule has 0 aliphatic carbocycles. The summed E-state index contributed by atoms with van der Waals surface area (Å²) < 4.78 is 10.5. The van der Waals surface area contributed by atoms with E-state index in [0.717, 1.165) is 11.1 Å². The normalized spacial score (nSPS) is 10.2. The second kappa shape index (κ2) is 7.99. The number of terminal acetylenes is 1. The van der Waals surface area contributed by atoms with Crippen LogP contribution in [-0.4, -0.2) is 22.7 Å². The Bertz CT molecular complexity index is 939. The molecule has 0 spiro atoms. The summed E-state index contributed by atoms with van der Waals surface area (Å²) in [6, 6.07) is 14.5. The van der Waals surface area contributed by atoms with E-state index in [1.165, 1.54) is 0 Å². The average Bonchev–Trinajstić information content (AvgIpc) is 3.14. The van der Waals surface area contributed by atoms with Crippen LogP contribution in [-0.2, 0) is 6.54 Å². The Morgan fingerprint density at radius 2 is 2.08 bits per heavy atom. The van der Waals surface area contributed by atoms with E-state index in [4.69, 9.17) is 15.7 Å². The zero-order chi connectivity index (χ0) is 18.4. The van der Waals surface area contributed by atoms with Crippen molar-refractivity contribution < 1.29 is 14.1 Å². The molecule has 0 aliphatic heterocycles. The van der Waals surface area contributed by atoms with Crippen molar-refractivity contribution in [2.24, 2.45) is 0 Å².